The molecule has 0 atom stereocenters. The fourth-order valence-corrected chi connectivity index (χ4v) is 2.39. The van der Waals surface area contributed by atoms with Crippen LogP contribution in [-0.2, 0) is 12.8 Å². The molecular formula is C17H28O. The average molecular weight is 248 g/mol. The Bertz CT molecular complexity index is 355. The highest BCUT2D eigenvalue weighted by molar-refractivity contribution is 5.43. The first-order valence-corrected chi connectivity index (χ1v) is 7.50. The summed E-state index contributed by atoms with van der Waals surface area (Å²) < 4.78 is 0. The maximum atomic E-state index is 10.1. The van der Waals surface area contributed by atoms with Crippen molar-refractivity contribution in [2.45, 2.75) is 72.1 Å². The van der Waals surface area contributed by atoms with E-state index in [9.17, 15) is 5.11 Å². The first-order valence-electron chi connectivity index (χ1n) is 7.50. The van der Waals surface area contributed by atoms with Gasteiger partial charge in [-0.1, -0.05) is 51.7 Å². The van der Waals surface area contributed by atoms with Crippen molar-refractivity contribution in [3.8, 4) is 5.75 Å². The van der Waals surface area contributed by atoms with E-state index < -0.39 is 0 Å². The van der Waals surface area contributed by atoms with Crippen molar-refractivity contribution in [2.75, 3.05) is 0 Å². The predicted molar refractivity (Wildman–Crippen MR) is 79.3 cm³/mol. The molecule has 0 aliphatic rings. The molecule has 18 heavy (non-hydrogen) atoms. The van der Waals surface area contributed by atoms with Gasteiger partial charge < -0.3 is 5.11 Å². The van der Waals surface area contributed by atoms with Gasteiger partial charge in [0, 0.05) is 0 Å². The van der Waals surface area contributed by atoms with Crippen LogP contribution in [0.1, 0.15) is 69.1 Å². The van der Waals surface area contributed by atoms with Gasteiger partial charge in [-0.25, -0.2) is 0 Å². The zero-order valence-corrected chi connectivity index (χ0v) is 12.3. The number of benzene rings is 1. The molecule has 0 aliphatic heterocycles. The van der Waals surface area contributed by atoms with E-state index in [0.29, 0.717) is 5.75 Å². The molecule has 0 heterocycles. The molecule has 1 heteroatoms. The first kappa shape index (κ1) is 15.1. The summed E-state index contributed by atoms with van der Waals surface area (Å²) in [6, 6.07) is 4.35. The summed E-state index contributed by atoms with van der Waals surface area (Å²) in [5.41, 5.74) is 3.57. The van der Waals surface area contributed by atoms with Gasteiger partial charge >= 0.3 is 0 Å². The van der Waals surface area contributed by atoms with Crippen LogP contribution in [-0.4, -0.2) is 5.11 Å². The largest absolute Gasteiger partial charge is 0.507 e. The summed E-state index contributed by atoms with van der Waals surface area (Å²) in [6.45, 7) is 6.46. The number of hydrogen-bond acceptors (Lipinski definition) is 1. The maximum absolute atomic E-state index is 10.1. The van der Waals surface area contributed by atoms with E-state index in [1.165, 1.54) is 44.1 Å². The van der Waals surface area contributed by atoms with Gasteiger partial charge in [0.15, 0.2) is 0 Å². The molecule has 0 bridgehead atoms. The van der Waals surface area contributed by atoms with Crippen molar-refractivity contribution in [3.05, 3.63) is 28.8 Å². The van der Waals surface area contributed by atoms with Crippen molar-refractivity contribution in [1.29, 1.82) is 0 Å². The molecule has 1 nitrogen and oxygen atoms in total. The minimum Gasteiger partial charge on any atom is -0.507 e. The zero-order valence-electron chi connectivity index (χ0n) is 12.3. The highest BCUT2D eigenvalue weighted by Gasteiger charge is 2.07. The Morgan fingerprint density at radius 2 is 1.61 bits per heavy atom. The molecule has 0 aliphatic carbocycles. The quantitative estimate of drug-likeness (QED) is 0.629. The molecule has 0 fully saturated rings. The van der Waals surface area contributed by atoms with Gasteiger partial charge in [0.05, 0.1) is 0 Å². The number of rotatable bonds is 8. The number of phenols is 1. The summed E-state index contributed by atoms with van der Waals surface area (Å²) in [6.07, 6.45) is 9.65. The molecule has 1 aromatic rings. The second kappa shape index (κ2) is 8.18. The third-order valence-corrected chi connectivity index (χ3v) is 3.56. The Labute approximate surface area is 112 Å². The SMILES string of the molecule is CCCCCCc1cc(CCCC)cc(C)c1O. The second-order valence-electron chi connectivity index (χ2n) is 5.33. The van der Waals surface area contributed by atoms with Crippen LogP contribution in [0.3, 0.4) is 0 Å². The Morgan fingerprint density at radius 1 is 0.889 bits per heavy atom. The van der Waals surface area contributed by atoms with Gasteiger partial charge in [0.25, 0.3) is 0 Å². The van der Waals surface area contributed by atoms with Crippen molar-refractivity contribution in [2.24, 2.45) is 0 Å². The molecule has 0 amide bonds. The number of unbranched alkanes of at least 4 members (excludes halogenated alkanes) is 4. The lowest BCUT2D eigenvalue weighted by atomic mass is 9.97. The topological polar surface area (TPSA) is 20.2 Å². The highest BCUT2D eigenvalue weighted by Crippen LogP contribution is 2.26. The minimum absolute atomic E-state index is 0.520. The number of aromatic hydroxyl groups is 1. The van der Waals surface area contributed by atoms with Crippen LogP contribution in [0.5, 0.6) is 5.75 Å². The normalized spacial score (nSPS) is 10.8. The molecule has 0 saturated heterocycles. The number of hydrogen-bond donors (Lipinski definition) is 1. The van der Waals surface area contributed by atoms with Crippen molar-refractivity contribution >= 4 is 0 Å². The van der Waals surface area contributed by atoms with Gasteiger partial charge in [-0.3, -0.25) is 0 Å². The van der Waals surface area contributed by atoms with Crippen molar-refractivity contribution < 1.29 is 5.11 Å². The minimum atomic E-state index is 0.520. The molecule has 0 aromatic heterocycles. The molecule has 0 spiro atoms. The van der Waals surface area contributed by atoms with E-state index >= 15 is 0 Å². The number of aryl methyl sites for hydroxylation is 3. The molecule has 0 unspecified atom stereocenters. The molecule has 102 valence electrons. The predicted octanol–water partition coefficient (Wildman–Crippen LogP) is 5.17. The van der Waals surface area contributed by atoms with Gasteiger partial charge in [-0.2, -0.15) is 0 Å². The smallest absolute Gasteiger partial charge is 0.121 e. The van der Waals surface area contributed by atoms with Crippen LogP contribution < -0.4 is 0 Å². The molecular weight excluding hydrogens is 220 g/mol. The third kappa shape index (κ3) is 4.72. The summed E-state index contributed by atoms with van der Waals surface area (Å²) in [5.74, 6) is 0.520. The van der Waals surface area contributed by atoms with E-state index in [-0.39, 0.29) is 0 Å². The lowest BCUT2D eigenvalue weighted by molar-refractivity contribution is 0.461. The number of phenolic OH excluding ortho intramolecular Hbond substituents is 1. The summed E-state index contributed by atoms with van der Waals surface area (Å²) in [5, 5.41) is 10.1. The summed E-state index contributed by atoms with van der Waals surface area (Å²) in [4.78, 5) is 0. The van der Waals surface area contributed by atoms with E-state index in [4.69, 9.17) is 0 Å². The van der Waals surface area contributed by atoms with Crippen molar-refractivity contribution in [1.82, 2.24) is 0 Å². The van der Waals surface area contributed by atoms with E-state index in [0.717, 1.165) is 24.0 Å². The molecule has 1 rings (SSSR count). The van der Waals surface area contributed by atoms with Crippen LogP contribution in [0.15, 0.2) is 12.1 Å². The summed E-state index contributed by atoms with van der Waals surface area (Å²) >= 11 is 0. The van der Waals surface area contributed by atoms with Crippen molar-refractivity contribution in [3.63, 3.8) is 0 Å². The van der Waals surface area contributed by atoms with Crippen LogP contribution in [0.4, 0.5) is 0 Å². The average Bonchev–Trinajstić information content (AvgIpc) is 2.37. The van der Waals surface area contributed by atoms with Gasteiger partial charge in [0.1, 0.15) is 5.75 Å². The monoisotopic (exact) mass is 248 g/mol. The maximum Gasteiger partial charge on any atom is 0.121 e. The Morgan fingerprint density at radius 3 is 2.28 bits per heavy atom. The fraction of sp³-hybridized carbons (Fsp3) is 0.647. The highest BCUT2D eigenvalue weighted by atomic mass is 16.3. The van der Waals surface area contributed by atoms with Crippen LogP contribution in [0, 0.1) is 6.92 Å². The fourth-order valence-electron chi connectivity index (χ4n) is 2.39. The molecule has 0 saturated carbocycles. The first-order chi connectivity index (χ1) is 8.69. The Kier molecular flexibility index (Phi) is 6.85. The van der Waals surface area contributed by atoms with E-state index in [1.807, 2.05) is 6.92 Å². The van der Waals surface area contributed by atoms with Crippen LogP contribution in [0.25, 0.3) is 0 Å². The Balaban J connectivity index is 2.66. The summed E-state index contributed by atoms with van der Waals surface area (Å²) in [7, 11) is 0. The molecule has 1 N–H and O–H groups in total. The third-order valence-electron chi connectivity index (χ3n) is 3.56. The lowest BCUT2D eigenvalue weighted by Gasteiger charge is -2.11. The van der Waals surface area contributed by atoms with Gasteiger partial charge in [-0.05, 0) is 49.3 Å². The van der Waals surface area contributed by atoms with Gasteiger partial charge in [-0.15, -0.1) is 0 Å². The zero-order chi connectivity index (χ0) is 13.4. The molecule has 0 radical (unpaired) electrons. The second-order valence-corrected chi connectivity index (χ2v) is 5.33. The lowest BCUT2D eigenvalue weighted by Crippen LogP contribution is -1.94. The van der Waals surface area contributed by atoms with E-state index in [2.05, 4.69) is 26.0 Å². The standard InChI is InChI=1S/C17H28O/c1-4-6-8-9-11-16-13-15(10-7-5-2)12-14(3)17(16)18/h12-13,18H,4-11H2,1-3H3. The molecule has 1 aromatic carbocycles. The van der Waals surface area contributed by atoms with Gasteiger partial charge in [0.2, 0.25) is 0 Å². The van der Waals surface area contributed by atoms with Crippen LogP contribution in [0.2, 0.25) is 0 Å². The van der Waals surface area contributed by atoms with Crippen LogP contribution >= 0.6 is 0 Å². The van der Waals surface area contributed by atoms with E-state index in [1.54, 1.807) is 0 Å². The Hall–Kier alpha value is -0.980.